The van der Waals surface area contributed by atoms with Crippen molar-refractivity contribution >= 4 is 0 Å². The summed E-state index contributed by atoms with van der Waals surface area (Å²) < 4.78 is 0. The molecular formula is C13H25N. The molecule has 0 aliphatic heterocycles. The van der Waals surface area contributed by atoms with Gasteiger partial charge in [-0.15, -0.1) is 0 Å². The summed E-state index contributed by atoms with van der Waals surface area (Å²) in [4.78, 5) is 2.38. The maximum atomic E-state index is 2.38. The zero-order valence-electron chi connectivity index (χ0n) is 10.2. The van der Waals surface area contributed by atoms with Crippen LogP contribution in [0.1, 0.15) is 40.0 Å². The second-order valence-corrected chi connectivity index (χ2v) is 3.86. The van der Waals surface area contributed by atoms with Crippen molar-refractivity contribution in [3.05, 3.63) is 23.8 Å². The van der Waals surface area contributed by atoms with Crippen molar-refractivity contribution in [2.24, 2.45) is 0 Å². The van der Waals surface area contributed by atoms with E-state index < -0.39 is 0 Å². The van der Waals surface area contributed by atoms with Crippen molar-refractivity contribution in [3.8, 4) is 0 Å². The smallest absolute Gasteiger partial charge is 0.0187 e. The fourth-order valence-corrected chi connectivity index (χ4v) is 1.50. The third kappa shape index (κ3) is 8.06. The highest BCUT2D eigenvalue weighted by Crippen LogP contribution is 1.99. The molecule has 1 nitrogen and oxygen atoms in total. The Bertz CT molecular complexity index is 180. The van der Waals surface area contributed by atoms with Gasteiger partial charge in [-0.3, -0.25) is 0 Å². The summed E-state index contributed by atoms with van der Waals surface area (Å²) in [5.74, 6) is 0. The first kappa shape index (κ1) is 13.4. The molecule has 0 aliphatic rings. The Kier molecular flexibility index (Phi) is 8.65. The molecule has 0 fully saturated rings. The summed E-state index contributed by atoms with van der Waals surface area (Å²) in [6.45, 7) is 8.84. The van der Waals surface area contributed by atoms with E-state index >= 15 is 0 Å². The molecule has 0 amide bonds. The first-order valence-corrected chi connectivity index (χ1v) is 5.69. The lowest BCUT2D eigenvalue weighted by Gasteiger charge is -2.15. The van der Waals surface area contributed by atoms with Crippen molar-refractivity contribution < 1.29 is 0 Å². The quantitative estimate of drug-likeness (QED) is 0.561. The van der Waals surface area contributed by atoms with Crippen molar-refractivity contribution in [2.45, 2.75) is 40.0 Å². The fourth-order valence-electron chi connectivity index (χ4n) is 1.50. The Hall–Kier alpha value is -0.560. The number of hydrogen-bond donors (Lipinski definition) is 0. The molecule has 0 aromatic carbocycles. The monoisotopic (exact) mass is 195 g/mol. The largest absolute Gasteiger partial charge is 0.302 e. The normalized spacial score (nSPS) is 13.1. The molecule has 1 heteroatoms. The second kappa shape index (κ2) is 9.01. The van der Waals surface area contributed by atoms with E-state index in [1.54, 1.807) is 0 Å². The van der Waals surface area contributed by atoms with Gasteiger partial charge in [0.2, 0.25) is 0 Å². The van der Waals surface area contributed by atoms with Gasteiger partial charge in [-0.25, -0.2) is 0 Å². The predicted octanol–water partition coefficient (Wildman–Crippen LogP) is 3.63. The van der Waals surface area contributed by atoms with Gasteiger partial charge < -0.3 is 4.90 Å². The lowest BCUT2D eigenvalue weighted by molar-refractivity contribution is 0.369. The summed E-state index contributed by atoms with van der Waals surface area (Å²) >= 11 is 0. The maximum absolute atomic E-state index is 2.38. The number of allylic oxidation sites excluding steroid dienone is 2. The van der Waals surface area contributed by atoms with E-state index in [0.717, 1.165) is 25.9 Å². The predicted molar refractivity (Wildman–Crippen MR) is 65.6 cm³/mol. The van der Waals surface area contributed by atoms with E-state index in [4.69, 9.17) is 0 Å². The van der Waals surface area contributed by atoms with Gasteiger partial charge in [0.25, 0.3) is 0 Å². The van der Waals surface area contributed by atoms with E-state index in [0.29, 0.717) is 0 Å². The Morgan fingerprint density at radius 2 is 1.86 bits per heavy atom. The third-order valence-electron chi connectivity index (χ3n) is 2.15. The molecule has 82 valence electrons. The van der Waals surface area contributed by atoms with Gasteiger partial charge in [-0.1, -0.05) is 37.6 Å². The van der Waals surface area contributed by atoms with E-state index in [-0.39, 0.29) is 0 Å². The van der Waals surface area contributed by atoms with Crippen molar-refractivity contribution in [2.75, 3.05) is 20.1 Å². The number of likely N-dealkylation sites (N-methyl/N-ethyl adjacent to an activating group) is 1. The van der Waals surface area contributed by atoms with Crippen molar-refractivity contribution in [1.82, 2.24) is 4.90 Å². The van der Waals surface area contributed by atoms with Crippen LogP contribution >= 0.6 is 0 Å². The summed E-state index contributed by atoms with van der Waals surface area (Å²) in [5, 5.41) is 0. The Morgan fingerprint density at radius 1 is 1.14 bits per heavy atom. The summed E-state index contributed by atoms with van der Waals surface area (Å²) in [7, 11) is 2.19. The number of rotatable bonds is 7. The average molecular weight is 195 g/mol. The summed E-state index contributed by atoms with van der Waals surface area (Å²) in [6.07, 6.45) is 10.3. The van der Waals surface area contributed by atoms with Crippen LogP contribution in [0.15, 0.2) is 23.8 Å². The van der Waals surface area contributed by atoms with Crippen LogP contribution in [0.25, 0.3) is 0 Å². The molecule has 0 rings (SSSR count). The Labute approximate surface area is 89.5 Å². The molecular weight excluding hydrogens is 170 g/mol. The SMILES string of the molecule is CC/C=C/CCN(C)C/C(C)=C/CC. The highest BCUT2D eigenvalue weighted by molar-refractivity contribution is 4.99. The highest BCUT2D eigenvalue weighted by atomic mass is 15.1. The van der Waals surface area contributed by atoms with Gasteiger partial charge in [0, 0.05) is 13.1 Å². The van der Waals surface area contributed by atoms with Gasteiger partial charge in [0.1, 0.15) is 0 Å². The molecule has 0 bridgehead atoms. The average Bonchev–Trinajstić information content (AvgIpc) is 2.13. The minimum absolute atomic E-state index is 1.10. The molecule has 0 aromatic heterocycles. The topological polar surface area (TPSA) is 3.24 Å². The van der Waals surface area contributed by atoms with Crippen LogP contribution in [0, 0.1) is 0 Å². The number of nitrogens with zero attached hydrogens (tertiary/aromatic N) is 1. The van der Waals surface area contributed by atoms with Crippen LogP contribution in [-0.2, 0) is 0 Å². The van der Waals surface area contributed by atoms with Crippen molar-refractivity contribution in [3.63, 3.8) is 0 Å². The van der Waals surface area contributed by atoms with Gasteiger partial charge in [-0.05, 0) is 33.2 Å². The molecule has 0 heterocycles. The van der Waals surface area contributed by atoms with Crippen LogP contribution in [0.4, 0.5) is 0 Å². The first-order chi connectivity index (χ1) is 6.70. The van der Waals surface area contributed by atoms with Gasteiger partial charge in [0.05, 0.1) is 0 Å². The van der Waals surface area contributed by atoms with Crippen LogP contribution in [-0.4, -0.2) is 25.0 Å². The lowest BCUT2D eigenvalue weighted by Crippen LogP contribution is -2.21. The molecule has 0 unspecified atom stereocenters. The maximum Gasteiger partial charge on any atom is 0.0187 e. The Morgan fingerprint density at radius 3 is 2.43 bits per heavy atom. The standard InChI is InChI=1S/C13H25N/c1-5-7-8-9-11-14(4)12-13(3)10-6-2/h7-8,10H,5-6,9,11-12H2,1-4H3/b8-7+,13-10+. The zero-order valence-corrected chi connectivity index (χ0v) is 10.2. The van der Waals surface area contributed by atoms with E-state index in [1.807, 2.05) is 0 Å². The van der Waals surface area contributed by atoms with Crippen molar-refractivity contribution in [1.29, 1.82) is 0 Å². The molecule has 0 spiro atoms. The van der Waals surface area contributed by atoms with Gasteiger partial charge in [-0.2, -0.15) is 0 Å². The van der Waals surface area contributed by atoms with E-state index in [1.165, 1.54) is 12.0 Å². The van der Waals surface area contributed by atoms with E-state index in [2.05, 4.69) is 50.9 Å². The van der Waals surface area contributed by atoms with E-state index in [9.17, 15) is 0 Å². The van der Waals surface area contributed by atoms with Crippen LogP contribution in [0.2, 0.25) is 0 Å². The van der Waals surface area contributed by atoms with Gasteiger partial charge >= 0.3 is 0 Å². The molecule has 0 saturated carbocycles. The third-order valence-corrected chi connectivity index (χ3v) is 2.15. The Balaban J connectivity index is 3.59. The molecule has 0 aliphatic carbocycles. The molecule has 0 atom stereocenters. The fraction of sp³-hybridized carbons (Fsp3) is 0.692. The summed E-state index contributed by atoms with van der Waals surface area (Å²) in [6, 6.07) is 0. The number of hydrogen-bond acceptors (Lipinski definition) is 1. The minimum Gasteiger partial charge on any atom is -0.302 e. The highest BCUT2D eigenvalue weighted by Gasteiger charge is 1.96. The summed E-state index contributed by atoms with van der Waals surface area (Å²) in [5.41, 5.74) is 1.48. The molecule has 0 aromatic rings. The van der Waals surface area contributed by atoms with Gasteiger partial charge in [0.15, 0.2) is 0 Å². The molecule has 0 radical (unpaired) electrons. The van der Waals surface area contributed by atoms with Crippen LogP contribution in [0.5, 0.6) is 0 Å². The minimum atomic E-state index is 1.10. The molecule has 0 saturated heterocycles. The molecule has 0 N–H and O–H groups in total. The van der Waals surface area contributed by atoms with Crippen LogP contribution < -0.4 is 0 Å². The second-order valence-electron chi connectivity index (χ2n) is 3.86. The molecule has 14 heavy (non-hydrogen) atoms. The van der Waals surface area contributed by atoms with Crippen LogP contribution in [0.3, 0.4) is 0 Å². The first-order valence-electron chi connectivity index (χ1n) is 5.69. The zero-order chi connectivity index (χ0) is 10.8. The lowest BCUT2D eigenvalue weighted by atomic mass is 10.2.